The average molecular weight is 232 g/mol. The van der Waals surface area contributed by atoms with Crippen LogP contribution >= 0.6 is 0 Å². The first-order chi connectivity index (χ1) is 8.16. The highest BCUT2D eigenvalue weighted by molar-refractivity contribution is 5.96. The van der Waals surface area contributed by atoms with E-state index in [4.69, 9.17) is 5.73 Å². The Kier molecular flexibility index (Phi) is 2.99. The maximum Gasteiger partial charge on any atom is 0.272 e. The van der Waals surface area contributed by atoms with Gasteiger partial charge in [0, 0.05) is 13.2 Å². The molecule has 1 amide bonds. The lowest BCUT2D eigenvalue weighted by atomic mass is 10.3. The summed E-state index contributed by atoms with van der Waals surface area (Å²) in [5.41, 5.74) is 6.19. The van der Waals surface area contributed by atoms with Gasteiger partial charge in [0.2, 0.25) is 0 Å². The molecule has 2 rings (SSSR count). The van der Waals surface area contributed by atoms with Gasteiger partial charge in [-0.25, -0.2) is 9.97 Å². The number of anilines is 1. The lowest BCUT2D eigenvalue weighted by molar-refractivity contribution is 0.0946. The zero-order chi connectivity index (χ0) is 12.3. The van der Waals surface area contributed by atoms with Gasteiger partial charge in [-0.15, -0.1) is 0 Å². The van der Waals surface area contributed by atoms with Crippen molar-refractivity contribution < 1.29 is 4.79 Å². The molecule has 0 spiro atoms. The topological polar surface area (TPSA) is 98.7 Å². The van der Waals surface area contributed by atoms with Crippen LogP contribution in [0.2, 0.25) is 0 Å². The molecule has 0 fully saturated rings. The standard InChI is InChI=1S/C10H12N6O/c1-16-6-14-8(15-16)5-13-10(17)9-7(11)3-2-4-12-9/h2-4,6H,5,11H2,1H3,(H,13,17). The number of aryl methyl sites for hydroxylation is 1. The van der Waals surface area contributed by atoms with Crippen LogP contribution in [0.4, 0.5) is 5.69 Å². The third-order valence-corrected chi connectivity index (χ3v) is 2.11. The number of hydrogen-bond acceptors (Lipinski definition) is 5. The number of amides is 1. The van der Waals surface area contributed by atoms with Gasteiger partial charge in [0.1, 0.15) is 6.33 Å². The van der Waals surface area contributed by atoms with Crippen LogP contribution in [0.15, 0.2) is 24.7 Å². The summed E-state index contributed by atoms with van der Waals surface area (Å²) in [5, 5.41) is 6.69. The fourth-order valence-corrected chi connectivity index (χ4v) is 1.32. The van der Waals surface area contributed by atoms with Gasteiger partial charge in [-0.05, 0) is 12.1 Å². The van der Waals surface area contributed by atoms with Crippen molar-refractivity contribution in [2.75, 3.05) is 5.73 Å². The Hall–Kier alpha value is -2.44. The van der Waals surface area contributed by atoms with Crippen molar-refractivity contribution in [2.24, 2.45) is 7.05 Å². The van der Waals surface area contributed by atoms with Gasteiger partial charge in [-0.3, -0.25) is 9.48 Å². The number of nitrogens with two attached hydrogens (primary N) is 1. The van der Waals surface area contributed by atoms with Gasteiger partial charge in [-0.2, -0.15) is 5.10 Å². The minimum absolute atomic E-state index is 0.212. The molecule has 17 heavy (non-hydrogen) atoms. The van der Waals surface area contributed by atoms with Crippen molar-refractivity contribution >= 4 is 11.6 Å². The molecular formula is C10H12N6O. The molecular weight excluding hydrogens is 220 g/mol. The lowest BCUT2D eigenvalue weighted by Gasteiger charge is -2.04. The number of carbonyl (C=O) groups is 1. The van der Waals surface area contributed by atoms with Crippen LogP contribution in [0.3, 0.4) is 0 Å². The third kappa shape index (κ3) is 2.57. The van der Waals surface area contributed by atoms with Gasteiger partial charge in [0.15, 0.2) is 11.5 Å². The Labute approximate surface area is 97.7 Å². The molecule has 88 valence electrons. The molecule has 0 aliphatic carbocycles. The van der Waals surface area contributed by atoms with Crippen molar-refractivity contribution in [3.8, 4) is 0 Å². The number of nitrogens with one attached hydrogen (secondary N) is 1. The summed E-state index contributed by atoms with van der Waals surface area (Å²) in [6.07, 6.45) is 3.08. The van der Waals surface area contributed by atoms with Gasteiger partial charge in [0.05, 0.1) is 12.2 Å². The van der Waals surface area contributed by atoms with Crippen LogP contribution in [0.5, 0.6) is 0 Å². The van der Waals surface area contributed by atoms with Crippen molar-refractivity contribution in [3.05, 3.63) is 36.2 Å². The molecule has 0 bridgehead atoms. The molecule has 2 heterocycles. The van der Waals surface area contributed by atoms with Gasteiger partial charge < -0.3 is 11.1 Å². The highest BCUT2D eigenvalue weighted by Gasteiger charge is 2.10. The first-order valence-electron chi connectivity index (χ1n) is 5.00. The Morgan fingerprint density at radius 3 is 3.00 bits per heavy atom. The zero-order valence-electron chi connectivity index (χ0n) is 9.29. The van der Waals surface area contributed by atoms with E-state index >= 15 is 0 Å². The third-order valence-electron chi connectivity index (χ3n) is 2.11. The maximum atomic E-state index is 11.7. The van der Waals surface area contributed by atoms with Gasteiger partial charge >= 0.3 is 0 Å². The Bertz CT molecular complexity index is 535. The van der Waals surface area contributed by atoms with E-state index in [0.29, 0.717) is 11.5 Å². The summed E-state index contributed by atoms with van der Waals surface area (Å²) in [6.45, 7) is 0.246. The van der Waals surface area contributed by atoms with Crippen molar-refractivity contribution in [2.45, 2.75) is 6.54 Å². The van der Waals surface area contributed by atoms with Crippen LogP contribution in [-0.4, -0.2) is 25.7 Å². The lowest BCUT2D eigenvalue weighted by Crippen LogP contribution is -2.25. The van der Waals surface area contributed by atoms with E-state index in [1.807, 2.05) is 0 Å². The molecule has 0 radical (unpaired) electrons. The Balaban J connectivity index is 2.01. The van der Waals surface area contributed by atoms with E-state index in [1.165, 1.54) is 6.20 Å². The van der Waals surface area contributed by atoms with Crippen LogP contribution < -0.4 is 11.1 Å². The van der Waals surface area contributed by atoms with Crippen LogP contribution in [0.25, 0.3) is 0 Å². The van der Waals surface area contributed by atoms with Crippen molar-refractivity contribution in [3.63, 3.8) is 0 Å². The molecule has 0 saturated heterocycles. The summed E-state index contributed by atoms with van der Waals surface area (Å²) in [7, 11) is 1.76. The molecule has 2 aromatic rings. The molecule has 3 N–H and O–H groups in total. The molecule has 0 saturated carbocycles. The largest absolute Gasteiger partial charge is 0.397 e. The zero-order valence-corrected chi connectivity index (χ0v) is 9.29. The fourth-order valence-electron chi connectivity index (χ4n) is 1.32. The van der Waals surface area contributed by atoms with Crippen LogP contribution in [0.1, 0.15) is 16.3 Å². The summed E-state index contributed by atoms with van der Waals surface area (Å²) in [5.74, 6) is 0.200. The number of rotatable bonds is 3. The molecule has 7 nitrogen and oxygen atoms in total. The summed E-state index contributed by atoms with van der Waals surface area (Å²) in [4.78, 5) is 19.6. The summed E-state index contributed by atoms with van der Waals surface area (Å²) in [6, 6.07) is 3.30. The predicted octanol–water partition coefficient (Wildman–Crippen LogP) is -0.278. The fraction of sp³-hybridized carbons (Fsp3) is 0.200. The van der Waals surface area contributed by atoms with E-state index in [9.17, 15) is 4.79 Å². The van der Waals surface area contributed by atoms with Crippen molar-refractivity contribution in [1.82, 2.24) is 25.1 Å². The van der Waals surface area contributed by atoms with Crippen molar-refractivity contribution in [1.29, 1.82) is 0 Å². The number of carbonyl (C=O) groups excluding carboxylic acids is 1. The van der Waals surface area contributed by atoms with E-state index in [2.05, 4.69) is 20.4 Å². The number of hydrogen-bond donors (Lipinski definition) is 2. The van der Waals surface area contributed by atoms with Gasteiger partial charge in [-0.1, -0.05) is 0 Å². The minimum Gasteiger partial charge on any atom is -0.397 e. The Morgan fingerprint density at radius 2 is 2.35 bits per heavy atom. The monoisotopic (exact) mass is 232 g/mol. The van der Waals surface area contributed by atoms with Crippen LogP contribution in [0, 0.1) is 0 Å². The first-order valence-corrected chi connectivity index (χ1v) is 5.00. The molecule has 7 heteroatoms. The van der Waals surface area contributed by atoms with E-state index in [1.54, 1.807) is 30.2 Å². The summed E-state index contributed by atoms with van der Waals surface area (Å²) >= 11 is 0. The van der Waals surface area contributed by atoms with Crippen LogP contribution in [-0.2, 0) is 13.6 Å². The second kappa shape index (κ2) is 4.60. The van der Waals surface area contributed by atoms with Gasteiger partial charge in [0.25, 0.3) is 5.91 Å². The Morgan fingerprint density at radius 1 is 1.53 bits per heavy atom. The van der Waals surface area contributed by atoms with E-state index in [-0.39, 0.29) is 18.1 Å². The number of nitrogens with zero attached hydrogens (tertiary/aromatic N) is 4. The predicted molar refractivity (Wildman–Crippen MR) is 60.8 cm³/mol. The molecule has 0 unspecified atom stereocenters. The number of pyridine rings is 1. The number of nitrogen functional groups attached to an aromatic ring is 1. The normalized spacial score (nSPS) is 10.2. The molecule has 0 aliphatic rings. The highest BCUT2D eigenvalue weighted by Crippen LogP contribution is 2.06. The van der Waals surface area contributed by atoms with E-state index < -0.39 is 0 Å². The number of aromatic nitrogens is 4. The molecule has 0 atom stereocenters. The smallest absolute Gasteiger partial charge is 0.272 e. The SMILES string of the molecule is Cn1cnc(CNC(=O)c2ncccc2N)n1. The average Bonchev–Trinajstić information content (AvgIpc) is 2.73. The molecule has 2 aromatic heterocycles. The first kappa shape index (κ1) is 11.1. The summed E-state index contributed by atoms with van der Waals surface area (Å²) < 4.78 is 1.57. The quantitative estimate of drug-likeness (QED) is 0.758. The van der Waals surface area contributed by atoms with E-state index in [0.717, 1.165) is 0 Å². The second-order valence-electron chi connectivity index (χ2n) is 3.46. The highest BCUT2D eigenvalue weighted by atomic mass is 16.1. The molecule has 0 aromatic carbocycles. The minimum atomic E-state index is -0.337. The second-order valence-corrected chi connectivity index (χ2v) is 3.46. The molecule has 0 aliphatic heterocycles. The maximum absolute atomic E-state index is 11.7.